The Kier molecular flexibility index (Phi) is 1.88. The van der Waals surface area contributed by atoms with Crippen LogP contribution in [0.5, 0.6) is 0 Å². The first-order valence-electron chi connectivity index (χ1n) is 4.70. The molecule has 4 unspecified atom stereocenters. The first kappa shape index (κ1) is 8.44. The third kappa shape index (κ3) is 1.35. The van der Waals surface area contributed by atoms with Crippen LogP contribution in [-0.2, 0) is 0 Å². The van der Waals surface area contributed by atoms with Crippen molar-refractivity contribution in [1.82, 2.24) is 20.9 Å². The van der Waals surface area contributed by atoms with Gasteiger partial charge in [-0.1, -0.05) is 0 Å². The van der Waals surface area contributed by atoms with Gasteiger partial charge in [0.05, 0.1) is 0 Å². The molecule has 4 nitrogen and oxygen atoms in total. The highest BCUT2D eigenvalue weighted by Crippen LogP contribution is 2.27. The van der Waals surface area contributed by atoms with E-state index in [0.717, 1.165) is 0 Å². The molecule has 0 aliphatic carbocycles. The van der Waals surface area contributed by atoms with Crippen LogP contribution in [0.2, 0.25) is 0 Å². The largest absolute Gasteiger partial charge is 0.232 e. The average molecular weight is 170 g/mol. The summed E-state index contributed by atoms with van der Waals surface area (Å²) >= 11 is 0. The molecule has 2 fully saturated rings. The van der Waals surface area contributed by atoms with Gasteiger partial charge < -0.3 is 0 Å². The minimum absolute atomic E-state index is 0.535. The Morgan fingerprint density at radius 3 is 1.33 bits per heavy atom. The maximum absolute atomic E-state index is 3.34. The fraction of sp³-hybridized carbons (Fsp3) is 1.00. The quantitative estimate of drug-likeness (QED) is 0.590. The van der Waals surface area contributed by atoms with E-state index in [4.69, 9.17) is 0 Å². The zero-order valence-electron chi connectivity index (χ0n) is 8.20. The van der Waals surface area contributed by atoms with E-state index >= 15 is 0 Å². The van der Waals surface area contributed by atoms with Crippen molar-refractivity contribution in [2.75, 3.05) is 0 Å². The van der Waals surface area contributed by atoms with E-state index in [1.807, 2.05) is 0 Å². The van der Waals surface area contributed by atoms with Gasteiger partial charge in [0.15, 0.2) is 0 Å². The molecule has 0 aromatic rings. The summed E-state index contributed by atoms with van der Waals surface area (Å²) in [5.41, 5.74) is 6.69. The average Bonchev–Trinajstić information content (AvgIpc) is 2.82. The second-order valence-electron chi connectivity index (χ2n) is 4.15. The lowest BCUT2D eigenvalue weighted by molar-refractivity contribution is 0.354. The minimum Gasteiger partial charge on any atom is -0.232 e. The molecule has 2 aliphatic rings. The predicted octanol–water partition coefficient (Wildman–Crippen LogP) is 0.0958. The number of hydrogen-bond acceptors (Lipinski definition) is 4. The smallest absolute Gasteiger partial charge is 0.118 e. The van der Waals surface area contributed by atoms with Gasteiger partial charge in [-0.3, -0.25) is 0 Å². The highest BCUT2D eigenvalue weighted by atomic mass is 15.9. The second kappa shape index (κ2) is 2.67. The number of hydrazine groups is 2. The summed E-state index contributed by atoms with van der Waals surface area (Å²) in [6, 6.07) is 1.21. The zero-order valence-corrected chi connectivity index (χ0v) is 8.20. The molecule has 0 aromatic heterocycles. The third-order valence-corrected chi connectivity index (χ3v) is 2.44. The monoisotopic (exact) mass is 170 g/mol. The van der Waals surface area contributed by atoms with Crippen molar-refractivity contribution >= 4 is 0 Å². The van der Waals surface area contributed by atoms with E-state index in [9.17, 15) is 0 Å². The molecular formula is C8H18N4. The Balaban J connectivity index is 1.78. The van der Waals surface area contributed by atoms with Crippen molar-refractivity contribution in [3.05, 3.63) is 0 Å². The molecule has 2 saturated heterocycles. The molecule has 0 spiro atoms. The van der Waals surface area contributed by atoms with E-state index in [0.29, 0.717) is 24.4 Å². The molecule has 2 aliphatic heterocycles. The lowest BCUT2D eigenvalue weighted by Crippen LogP contribution is -2.20. The molecule has 0 amide bonds. The van der Waals surface area contributed by atoms with Gasteiger partial charge in [0.2, 0.25) is 0 Å². The normalized spacial score (nSPS) is 45.5. The Morgan fingerprint density at radius 1 is 0.833 bits per heavy atom. The van der Waals surface area contributed by atoms with E-state index < -0.39 is 0 Å². The van der Waals surface area contributed by atoms with Crippen molar-refractivity contribution < 1.29 is 0 Å². The van der Waals surface area contributed by atoms with Crippen LogP contribution in [-0.4, -0.2) is 34.4 Å². The maximum atomic E-state index is 3.34. The van der Waals surface area contributed by atoms with Crippen molar-refractivity contribution in [2.24, 2.45) is 0 Å². The Hall–Kier alpha value is -0.160. The van der Waals surface area contributed by atoms with Crippen molar-refractivity contribution in [3.8, 4) is 0 Å². The SMILES string of the molecule is CC(C)N1NC1C1NN1C(C)C. The fourth-order valence-electron chi connectivity index (χ4n) is 1.62. The summed E-state index contributed by atoms with van der Waals surface area (Å²) in [6.07, 6.45) is 1.07. The number of nitrogens with one attached hydrogen (secondary N) is 2. The summed E-state index contributed by atoms with van der Waals surface area (Å²) in [4.78, 5) is 0. The van der Waals surface area contributed by atoms with Crippen LogP contribution in [0.4, 0.5) is 0 Å². The molecule has 4 heteroatoms. The summed E-state index contributed by atoms with van der Waals surface area (Å²) in [6.45, 7) is 8.81. The topological polar surface area (TPSA) is 49.9 Å². The molecule has 0 radical (unpaired) electrons. The van der Waals surface area contributed by atoms with Crippen LogP contribution in [0.1, 0.15) is 27.7 Å². The molecule has 0 aromatic carbocycles. The number of rotatable bonds is 3. The highest BCUT2D eigenvalue weighted by molar-refractivity contribution is 4.98. The molecular weight excluding hydrogens is 152 g/mol. The lowest BCUT2D eigenvalue weighted by atomic mass is 10.3. The van der Waals surface area contributed by atoms with Gasteiger partial charge in [-0.25, -0.2) is 20.9 Å². The minimum atomic E-state index is 0.535. The number of hydrogen-bond donors (Lipinski definition) is 2. The molecule has 70 valence electrons. The van der Waals surface area contributed by atoms with Crippen LogP contribution in [0.25, 0.3) is 0 Å². The molecule has 0 bridgehead atoms. The standard InChI is InChI=1S/C8H18N4/c1-5(2)11-7(9-11)8-10-12(8)6(3)4/h5-10H,1-4H3. The molecule has 0 saturated carbocycles. The molecule has 2 N–H and O–H groups in total. The van der Waals surface area contributed by atoms with Crippen LogP contribution >= 0.6 is 0 Å². The van der Waals surface area contributed by atoms with E-state index in [1.54, 1.807) is 0 Å². The molecule has 12 heavy (non-hydrogen) atoms. The van der Waals surface area contributed by atoms with Gasteiger partial charge in [-0.2, -0.15) is 0 Å². The lowest BCUT2D eigenvalue weighted by Gasteiger charge is -2.04. The Labute approximate surface area is 73.8 Å². The van der Waals surface area contributed by atoms with E-state index in [1.165, 1.54) is 0 Å². The van der Waals surface area contributed by atoms with Crippen LogP contribution in [0.3, 0.4) is 0 Å². The van der Waals surface area contributed by atoms with Crippen molar-refractivity contribution in [2.45, 2.75) is 52.1 Å². The van der Waals surface area contributed by atoms with E-state index in [2.05, 4.69) is 48.6 Å². The Bertz CT molecular complexity index is 160. The first-order valence-corrected chi connectivity index (χ1v) is 4.70. The van der Waals surface area contributed by atoms with Crippen molar-refractivity contribution in [1.29, 1.82) is 0 Å². The van der Waals surface area contributed by atoms with Crippen LogP contribution < -0.4 is 10.9 Å². The summed E-state index contributed by atoms with van der Waals surface area (Å²) in [5, 5.41) is 4.56. The summed E-state index contributed by atoms with van der Waals surface area (Å²) < 4.78 is 0. The zero-order chi connectivity index (χ0) is 8.88. The van der Waals surface area contributed by atoms with Gasteiger partial charge in [0.1, 0.15) is 12.3 Å². The van der Waals surface area contributed by atoms with Crippen molar-refractivity contribution in [3.63, 3.8) is 0 Å². The number of nitrogens with zero attached hydrogens (tertiary/aromatic N) is 2. The van der Waals surface area contributed by atoms with E-state index in [-0.39, 0.29) is 0 Å². The summed E-state index contributed by atoms with van der Waals surface area (Å²) in [7, 11) is 0. The fourth-order valence-corrected chi connectivity index (χ4v) is 1.62. The first-order chi connectivity index (χ1) is 5.61. The van der Waals surface area contributed by atoms with Crippen LogP contribution in [0.15, 0.2) is 0 Å². The Morgan fingerprint density at radius 2 is 1.17 bits per heavy atom. The second-order valence-corrected chi connectivity index (χ2v) is 4.15. The molecule has 2 heterocycles. The predicted molar refractivity (Wildman–Crippen MR) is 47.8 cm³/mol. The maximum Gasteiger partial charge on any atom is 0.118 e. The van der Waals surface area contributed by atoms with Gasteiger partial charge in [0, 0.05) is 12.1 Å². The molecule has 4 atom stereocenters. The molecule has 2 rings (SSSR count). The van der Waals surface area contributed by atoms with Gasteiger partial charge in [-0.05, 0) is 27.7 Å². The third-order valence-electron chi connectivity index (χ3n) is 2.44. The summed E-state index contributed by atoms with van der Waals surface area (Å²) in [5.74, 6) is 0. The van der Waals surface area contributed by atoms with Gasteiger partial charge in [-0.15, -0.1) is 0 Å². The van der Waals surface area contributed by atoms with Gasteiger partial charge in [0.25, 0.3) is 0 Å². The highest BCUT2D eigenvalue weighted by Gasteiger charge is 2.52. The van der Waals surface area contributed by atoms with Crippen LogP contribution in [0, 0.1) is 0 Å². The van der Waals surface area contributed by atoms with Gasteiger partial charge >= 0.3 is 0 Å².